The number of rotatable bonds is 2. The number of carbonyl (C=O) groups is 2. The first-order valence-corrected chi connectivity index (χ1v) is 5.93. The number of phenolic OH excluding ortho intramolecular Hbond substituents is 1. The van der Waals surface area contributed by atoms with Crippen molar-refractivity contribution in [3.63, 3.8) is 0 Å². The maximum atomic E-state index is 12.3. The summed E-state index contributed by atoms with van der Waals surface area (Å²) in [7, 11) is 3.19. The first kappa shape index (κ1) is 13.2. The van der Waals surface area contributed by atoms with Crippen molar-refractivity contribution in [1.29, 1.82) is 0 Å². The van der Waals surface area contributed by atoms with Crippen LogP contribution in [0.15, 0.2) is 18.2 Å². The second-order valence-electron chi connectivity index (χ2n) is 4.43. The molecule has 1 heterocycles. The quantitative estimate of drug-likeness (QED) is 0.835. The van der Waals surface area contributed by atoms with E-state index in [1.807, 2.05) is 0 Å². The Balaban J connectivity index is 2.22. The molecule has 0 aliphatic carbocycles. The molecule has 1 fully saturated rings. The third kappa shape index (κ3) is 2.62. The van der Waals surface area contributed by atoms with Crippen LogP contribution in [-0.4, -0.2) is 60.5 Å². The van der Waals surface area contributed by atoms with Crippen molar-refractivity contribution in [3.05, 3.63) is 23.8 Å². The lowest BCUT2D eigenvalue weighted by atomic mass is 10.1. The van der Waals surface area contributed by atoms with Crippen LogP contribution in [0.2, 0.25) is 0 Å². The lowest BCUT2D eigenvalue weighted by molar-refractivity contribution is -0.133. The summed E-state index contributed by atoms with van der Waals surface area (Å²) in [6.07, 6.45) is 0. The number of benzene rings is 1. The highest BCUT2D eigenvalue weighted by Crippen LogP contribution is 2.24. The first-order chi connectivity index (χ1) is 9.02. The zero-order valence-electron chi connectivity index (χ0n) is 10.9. The van der Waals surface area contributed by atoms with Crippen LogP contribution in [0.4, 0.5) is 0 Å². The van der Waals surface area contributed by atoms with Gasteiger partial charge in [-0.15, -0.1) is 0 Å². The van der Waals surface area contributed by atoms with Gasteiger partial charge in [0.15, 0.2) is 0 Å². The second kappa shape index (κ2) is 5.17. The normalized spacial score (nSPS) is 15.6. The molecule has 1 aliphatic heterocycles. The van der Waals surface area contributed by atoms with E-state index in [4.69, 9.17) is 4.74 Å². The zero-order chi connectivity index (χ0) is 14.0. The molecule has 1 saturated heterocycles. The van der Waals surface area contributed by atoms with Crippen LogP contribution in [0, 0.1) is 0 Å². The van der Waals surface area contributed by atoms with Crippen molar-refractivity contribution in [2.24, 2.45) is 0 Å². The fourth-order valence-corrected chi connectivity index (χ4v) is 1.92. The second-order valence-corrected chi connectivity index (χ2v) is 4.43. The topological polar surface area (TPSA) is 70.1 Å². The van der Waals surface area contributed by atoms with Crippen molar-refractivity contribution < 1.29 is 19.4 Å². The van der Waals surface area contributed by atoms with Crippen molar-refractivity contribution in [3.8, 4) is 11.5 Å². The number of likely N-dealkylation sites (N-methyl/N-ethyl adjacent to an activating group) is 1. The smallest absolute Gasteiger partial charge is 0.258 e. The van der Waals surface area contributed by atoms with Gasteiger partial charge in [0.2, 0.25) is 5.91 Å². The molecule has 0 atom stereocenters. The van der Waals surface area contributed by atoms with Gasteiger partial charge >= 0.3 is 0 Å². The maximum Gasteiger partial charge on any atom is 0.258 e. The summed E-state index contributed by atoms with van der Waals surface area (Å²) in [5.41, 5.74) is 0.150. The molecule has 0 aromatic heterocycles. The predicted molar refractivity (Wildman–Crippen MR) is 68.2 cm³/mol. The Morgan fingerprint density at radius 1 is 1.37 bits per heavy atom. The van der Waals surface area contributed by atoms with Crippen LogP contribution in [0.25, 0.3) is 0 Å². The van der Waals surface area contributed by atoms with E-state index >= 15 is 0 Å². The van der Waals surface area contributed by atoms with Crippen molar-refractivity contribution in [1.82, 2.24) is 9.80 Å². The summed E-state index contributed by atoms with van der Waals surface area (Å²) < 4.78 is 5.03. The molecule has 1 aromatic carbocycles. The van der Waals surface area contributed by atoms with E-state index in [-0.39, 0.29) is 29.7 Å². The number of amides is 2. The van der Waals surface area contributed by atoms with Gasteiger partial charge in [0, 0.05) is 20.1 Å². The van der Waals surface area contributed by atoms with E-state index in [2.05, 4.69) is 0 Å². The van der Waals surface area contributed by atoms with Crippen LogP contribution in [0.5, 0.6) is 11.5 Å². The van der Waals surface area contributed by atoms with Gasteiger partial charge in [-0.05, 0) is 18.2 Å². The van der Waals surface area contributed by atoms with Crippen LogP contribution >= 0.6 is 0 Å². The molecule has 6 heteroatoms. The van der Waals surface area contributed by atoms with Crippen LogP contribution in [0.3, 0.4) is 0 Å². The Morgan fingerprint density at radius 3 is 2.74 bits per heavy atom. The third-order valence-corrected chi connectivity index (χ3v) is 3.18. The highest BCUT2D eigenvalue weighted by atomic mass is 16.5. The lowest BCUT2D eigenvalue weighted by Gasteiger charge is -2.32. The molecule has 2 rings (SSSR count). The molecule has 0 bridgehead atoms. The summed E-state index contributed by atoms with van der Waals surface area (Å²) in [6, 6.07) is 4.45. The number of methoxy groups -OCH3 is 1. The molecular formula is C13H16N2O4. The summed E-state index contributed by atoms with van der Waals surface area (Å²) in [5.74, 6) is -0.0985. The van der Waals surface area contributed by atoms with Gasteiger partial charge in [0.05, 0.1) is 12.7 Å². The number of carbonyl (C=O) groups excluding carboxylic acids is 2. The maximum absolute atomic E-state index is 12.3. The lowest BCUT2D eigenvalue weighted by Crippen LogP contribution is -2.50. The average Bonchev–Trinajstić information content (AvgIpc) is 2.41. The van der Waals surface area contributed by atoms with E-state index in [0.29, 0.717) is 18.8 Å². The molecule has 1 N–H and O–H groups in total. The minimum absolute atomic E-state index is 0.0337. The molecule has 0 radical (unpaired) electrons. The van der Waals surface area contributed by atoms with E-state index in [0.717, 1.165) is 0 Å². The van der Waals surface area contributed by atoms with Crippen molar-refractivity contribution in [2.75, 3.05) is 33.8 Å². The Labute approximate surface area is 111 Å². The fourth-order valence-electron chi connectivity index (χ4n) is 1.92. The monoisotopic (exact) mass is 264 g/mol. The summed E-state index contributed by atoms with van der Waals surface area (Å²) in [4.78, 5) is 26.9. The SMILES string of the molecule is COc1ccc(O)c(C(=O)N2CCN(C)C(=O)C2)c1. The Bertz CT molecular complexity index is 515. The number of piperazine rings is 1. The first-order valence-electron chi connectivity index (χ1n) is 5.93. The van der Waals surface area contributed by atoms with Gasteiger partial charge in [0.1, 0.15) is 18.0 Å². The summed E-state index contributed by atoms with van der Waals surface area (Å²) in [6.45, 7) is 0.985. The Morgan fingerprint density at radius 2 is 2.11 bits per heavy atom. The van der Waals surface area contributed by atoms with Gasteiger partial charge in [0.25, 0.3) is 5.91 Å². The van der Waals surface area contributed by atoms with Crippen molar-refractivity contribution >= 4 is 11.8 Å². The van der Waals surface area contributed by atoms with E-state index in [1.54, 1.807) is 18.0 Å². The highest BCUT2D eigenvalue weighted by molar-refractivity contribution is 5.99. The molecule has 6 nitrogen and oxygen atoms in total. The van der Waals surface area contributed by atoms with Crippen LogP contribution < -0.4 is 4.74 Å². The van der Waals surface area contributed by atoms with Gasteiger partial charge in [-0.2, -0.15) is 0 Å². The summed E-state index contributed by atoms with van der Waals surface area (Å²) >= 11 is 0. The van der Waals surface area contributed by atoms with Gasteiger partial charge in [-0.3, -0.25) is 9.59 Å². The molecule has 2 amide bonds. The van der Waals surface area contributed by atoms with E-state index < -0.39 is 0 Å². The number of hydrogen-bond donors (Lipinski definition) is 1. The summed E-state index contributed by atoms with van der Waals surface area (Å²) in [5, 5.41) is 9.75. The number of ether oxygens (including phenoxy) is 1. The number of phenols is 1. The van der Waals surface area contributed by atoms with E-state index in [9.17, 15) is 14.7 Å². The molecule has 0 saturated carbocycles. The van der Waals surface area contributed by atoms with Gasteiger partial charge in [-0.25, -0.2) is 0 Å². The van der Waals surface area contributed by atoms with E-state index in [1.165, 1.54) is 24.1 Å². The fraction of sp³-hybridized carbons (Fsp3) is 0.385. The predicted octanol–water partition coefficient (Wildman–Crippen LogP) is 0.315. The van der Waals surface area contributed by atoms with Gasteiger partial charge in [-0.1, -0.05) is 0 Å². The Kier molecular flexibility index (Phi) is 3.59. The van der Waals surface area contributed by atoms with Gasteiger partial charge < -0.3 is 19.6 Å². The zero-order valence-corrected chi connectivity index (χ0v) is 10.9. The molecule has 102 valence electrons. The molecule has 0 spiro atoms. The largest absolute Gasteiger partial charge is 0.507 e. The molecular weight excluding hydrogens is 248 g/mol. The third-order valence-electron chi connectivity index (χ3n) is 3.18. The molecule has 19 heavy (non-hydrogen) atoms. The molecule has 1 aromatic rings. The average molecular weight is 264 g/mol. The Hall–Kier alpha value is -2.24. The molecule has 1 aliphatic rings. The number of nitrogens with zero attached hydrogens (tertiary/aromatic N) is 2. The van der Waals surface area contributed by atoms with Crippen LogP contribution in [0.1, 0.15) is 10.4 Å². The number of aromatic hydroxyl groups is 1. The molecule has 0 unspecified atom stereocenters. The minimum Gasteiger partial charge on any atom is -0.507 e. The van der Waals surface area contributed by atoms with Crippen molar-refractivity contribution in [2.45, 2.75) is 0 Å². The minimum atomic E-state index is -0.363. The van der Waals surface area contributed by atoms with Crippen LogP contribution in [-0.2, 0) is 4.79 Å². The standard InChI is InChI=1S/C13H16N2O4/c1-14-5-6-15(8-12(14)17)13(18)10-7-9(19-2)3-4-11(10)16/h3-4,7,16H,5-6,8H2,1-2H3. The number of hydrogen-bond acceptors (Lipinski definition) is 4. The highest BCUT2D eigenvalue weighted by Gasteiger charge is 2.27.